The number of benzene rings is 1. The number of thioether (sulfide) groups is 1. The number of hydrogen-bond acceptors (Lipinski definition) is 3. The van der Waals surface area contributed by atoms with Gasteiger partial charge in [0, 0.05) is 10.6 Å². The Kier molecular flexibility index (Phi) is 3.56. The van der Waals surface area contributed by atoms with Crippen LogP contribution in [-0.2, 0) is 4.29 Å². The van der Waals surface area contributed by atoms with E-state index < -0.39 is 0 Å². The van der Waals surface area contributed by atoms with Gasteiger partial charge >= 0.3 is 0 Å². The zero-order chi connectivity index (χ0) is 8.10. The average Bonchev–Trinajstić information content (AvgIpc) is 2.01. The Morgan fingerprint density at radius 3 is 3.00 bits per heavy atom. The Hall–Kier alpha value is -0.380. The van der Waals surface area contributed by atoms with Gasteiger partial charge in [0.2, 0.25) is 0 Å². The van der Waals surface area contributed by atoms with Crippen LogP contribution in [0.25, 0.3) is 0 Å². The summed E-state index contributed by atoms with van der Waals surface area (Å²) < 4.78 is 4.38. The molecule has 0 saturated carbocycles. The number of nitrogens with two attached hydrogens (primary N) is 1. The third-order valence-corrected chi connectivity index (χ3v) is 2.19. The zero-order valence-corrected chi connectivity index (χ0v) is 7.36. The summed E-state index contributed by atoms with van der Waals surface area (Å²) in [6.45, 7) is 0. The van der Waals surface area contributed by atoms with E-state index in [9.17, 15) is 0 Å². The highest BCUT2D eigenvalue weighted by atomic mass is 35.5. The first-order valence-corrected chi connectivity index (χ1v) is 4.34. The predicted molar refractivity (Wildman–Crippen MR) is 48.5 cm³/mol. The zero-order valence-electron chi connectivity index (χ0n) is 5.79. The normalized spacial score (nSPS) is 9.91. The van der Waals surface area contributed by atoms with Crippen molar-refractivity contribution in [3.8, 4) is 0 Å². The van der Waals surface area contributed by atoms with E-state index in [2.05, 4.69) is 4.29 Å². The molecule has 0 spiro atoms. The molecule has 0 unspecified atom stereocenters. The van der Waals surface area contributed by atoms with Crippen LogP contribution < -0.4 is 5.73 Å². The van der Waals surface area contributed by atoms with Gasteiger partial charge in [0.1, 0.15) is 5.94 Å². The maximum absolute atomic E-state index is 5.54. The molecule has 0 saturated heterocycles. The molecular formula is C7H8ClNOS. The first kappa shape index (κ1) is 8.71. The van der Waals surface area contributed by atoms with E-state index >= 15 is 0 Å². The van der Waals surface area contributed by atoms with E-state index in [-0.39, 0.29) is 0 Å². The third-order valence-electron chi connectivity index (χ3n) is 1.13. The van der Waals surface area contributed by atoms with Crippen molar-refractivity contribution in [1.82, 2.24) is 0 Å². The minimum Gasteiger partial charge on any atom is -0.399 e. The molecule has 60 valence electrons. The molecule has 0 fully saturated rings. The van der Waals surface area contributed by atoms with Crippen molar-refractivity contribution in [1.29, 1.82) is 0 Å². The molecule has 0 aromatic heterocycles. The van der Waals surface area contributed by atoms with E-state index in [0.717, 1.165) is 10.6 Å². The number of nitrogen functional groups attached to an aromatic ring is 1. The average molecular weight is 190 g/mol. The second kappa shape index (κ2) is 4.49. The van der Waals surface area contributed by atoms with Crippen molar-refractivity contribution < 1.29 is 4.29 Å². The summed E-state index contributed by atoms with van der Waals surface area (Å²) in [6.07, 6.45) is 0. The molecule has 11 heavy (non-hydrogen) atoms. The molecule has 0 atom stereocenters. The van der Waals surface area contributed by atoms with Gasteiger partial charge in [-0.2, -0.15) is 0 Å². The molecule has 0 aliphatic rings. The Morgan fingerprint density at radius 1 is 1.55 bits per heavy atom. The summed E-state index contributed by atoms with van der Waals surface area (Å²) in [5.41, 5.74) is 6.30. The molecule has 0 heterocycles. The lowest BCUT2D eigenvalue weighted by Crippen LogP contribution is -1.84. The number of hydrogen-bond donors (Lipinski definition) is 1. The van der Waals surface area contributed by atoms with Gasteiger partial charge in [-0.3, -0.25) is 4.29 Å². The van der Waals surface area contributed by atoms with Crippen LogP contribution in [0.1, 0.15) is 0 Å². The molecule has 2 N–H and O–H groups in total. The van der Waals surface area contributed by atoms with Crippen LogP contribution >= 0.6 is 23.6 Å². The highest BCUT2D eigenvalue weighted by molar-refractivity contribution is 7.99. The number of anilines is 1. The van der Waals surface area contributed by atoms with Crippen molar-refractivity contribution in [3.63, 3.8) is 0 Å². The minimum absolute atomic E-state index is 0.436. The van der Waals surface area contributed by atoms with E-state index in [4.69, 9.17) is 17.6 Å². The maximum Gasteiger partial charge on any atom is 0.118 e. The van der Waals surface area contributed by atoms with E-state index in [1.165, 1.54) is 11.8 Å². The monoisotopic (exact) mass is 189 g/mol. The fraction of sp³-hybridized carbons (Fsp3) is 0.143. The fourth-order valence-electron chi connectivity index (χ4n) is 0.695. The molecular weight excluding hydrogens is 182 g/mol. The highest BCUT2D eigenvalue weighted by Crippen LogP contribution is 2.20. The second-order valence-corrected chi connectivity index (χ2v) is 3.16. The molecule has 0 bridgehead atoms. The van der Waals surface area contributed by atoms with Gasteiger partial charge in [-0.05, 0) is 18.2 Å². The molecule has 2 nitrogen and oxygen atoms in total. The summed E-state index contributed by atoms with van der Waals surface area (Å²) in [5.74, 6) is 0.436. The Balaban J connectivity index is 2.56. The predicted octanol–water partition coefficient (Wildman–Crippen LogP) is 2.49. The van der Waals surface area contributed by atoms with Crippen LogP contribution in [0.4, 0.5) is 5.69 Å². The third kappa shape index (κ3) is 3.01. The maximum atomic E-state index is 5.54. The molecule has 1 rings (SSSR count). The van der Waals surface area contributed by atoms with Gasteiger partial charge in [-0.1, -0.05) is 17.8 Å². The molecule has 0 radical (unpaired) electrons. The summed E-state index contributed by atoms with van der Waals surface area (Å²) >= 11 is 6.54. The largest absolute Gasteiger partial charge is 0.399 e. The van der Waals surface area contributed by atoms with Crippen LogP contribution in [0.15, 0.2) is 29.2 Å². The second-order valence-electron chi connectivity index (χ2n) is 1.94. The molecule has 0 amide bonds. The molecule has 0 aliphatic heterocycles. The van der Waals surface area contributed by atoms with Crippen LogP contribution in [-0.4, -0.2) is 5.94 Å². The Bertz CT molecular complexity index is 231. The molecule has 4 heteroatoms. The lowest BCUT2D eigenvalue weighted by atomic mass is 10.3. The quantitative estimate of drug-likeness (QED) is 0.451. The number of rotatable bonds is 3. The van der Waals surface area contributed by atoms with E-state index in [1.807, 2.05) is 24.3 Å². The smallest absolute Gasteiger partial charge is 0.118 e. The lowest BCUT2D eigenvalue weighted by Gasteiger charge is -1.98. The van der Waals surface area contributed by atoms with E-state index in [1.54, 1.807) is 0 Å². The van der Waals surface area contributed by atoms with Crippen molar-refractivity contribution in [3.05, 3.63) is 24.3 Å². The summed E-state index contributed by atoms with van der Waals surface area (Å²) in [5, 5.41) is 0. The van der Waals surface area contributed by atoms with Crippen molar-refractivity contribution in [2.24, 2.45) is 0 Å². The van der Waals surface area contributed by atoms with Gasteiger partial charge in [0.05, 0.1) is 11.9 Å². The van der Waals surface area contributed by atoms with E-state index in [0.29, 0.717) is 5.94 Å². The van der Waals surface area contributed by atoms with Gasteiger partial charge in [0.15, 0.2) is 0 Å². The highest BCUT2D eigenvalue weighted by Gasteiger charge is 1.92. The van der Waals surface area contributed by atoms with Crippen LogP contribution in [0, 0.1) is 0 Å². The van der Waals surface area contributed by atoms with Gasteiger partial charge in [-0.15, -0.1) is 0 Å². The number of halogens is 1. The molecule has 1 aromatic rings. The van der Waals surface area contributed by atoms with Crippen molar-refractivity contribution >= 4 is 29.3 Å². The minimum atomic E-state index is 0.436. The van der Waals surface area contributed by atoms with Crippen LogP contribution in [0.3, 0.4) is 0 Å². The lowest BCUT2D eigenvalue weighted by molar-refractivity contribution is 0.438. The Morgan fingerprint density at radius 2 is 2.36 bits per heavy atom. The fourth-order valence-corrected chi connectivity index (χ4v) is 1.40. The topological polar surface area (TPSA) is 35.2 Å². The summed E-state index contributed by atoms with van der Waals surface area (Å²) in [4.78, 5) is 1.06. The molecule has 1 aromatic carbocycles. The van der Waals surface area contributed by atoms with Gasteiger partial charge in [-0.25, -0.2) is 0 Å². The van der Waals surface area contributed by atoms with Gasteiger partial charge in [0.25, 0.3) is 0 Å². The summed E-state index contributed by atoms with van der Waals surface area (Å²) in [6, 6.07) is 7.56. The van der Waals surface area contributed by atoms with Crippen molar-refractivity contribution in [2.75, 3.05) is 11.7 Å². The van der Waals surface area contributed by atoms with Crippen molar-refractivity contribution in [2.45, 2.75) is 4.90 Å². The summed E-state index contributed by atoms with van der Waals surface area (Å²) in [7, 11) is 0. The van der Waals surface area contributed by atoms with Crippen LogP contribution in [0.2, 0.25) is 0 Å². The first-order chi connectivity index (χ1) is 5.33. The van der Waals surface area contributed by atoms with Gasteiger partial charge < -0.3 is 5.73 Å². The first-order valence-electron chi connectivity index (χ1n) is 3.05. The molecule has 0 aliphatic carbocycles. The SMILES string of the molecule is Nc1cccc(SCOCl)c1. The standard InChI is InChI=1S/C7H8ClNOS/c8-10-5-11-7-3-1-2-6(9)4-7/h1-4H,5,9H2. The van der Waals surface area contributed by atoms with Crippen LogP contribution in [0.5, 0.6) is 0 Å². The Labute approximate surface area is 74.8 Å².